The summed E-state index contributed by atoms with van der Waals surface area (Å²) >= 11 is 0. The van der Waals surface area contributed by atoms with Gasteiger partial charge in [-0.25, -0.2) is 4.52 Å². The molecule has 0 spiro atoms. The van der Waals surface area contributed by atoms with E-state index in [1.165, 1.54) is 0 Å². The number of aromatic amines is 1. The van der Waals surface area contributed by atoms with Crippen LogP contribution in [0.15, 0.2) is 54.7 Å². The molecule has 1 saturated heterocycles. The number of aryl methyl sites for hydroxylation is 2. The number of amides is 1. The van der Waals surface area contributed by atoms with Crippen molar-refractivity contribution in [3.8, 4) is 11.3 Å². The average molecular weight is 468 g/mol. The topological polar surface area (TPSA) is 100 Å². The molecule has 1 aliphatic rings. The Kier molecular flexibility index (Phi) is 5.18. The van der Waals surface area contributed by atoms with E-state index in [9.17, 15) is 4.79 Å². The number of fused-ring (bicyclic) bond motifs is 2. The Morgan fingerprint density at radius 3 is 2.80 bits per heavy atom. The van der Waals surface area contributed by atoms with E-state index in [0.717, 1.165) is 70.9 Å². The van der Waals surface area contributed by atoms with E-state index in [1.807, 2.05) is 38.1 Å². The van der Waals surface area contributed by atoms with Crippen LogP contribution in [0.5, 0.6) is 0 Å². The molecule has 0 unspecified atom stereocenters. The van der Waals surface area contributed by atoms with Gasteiger partial charge in [0.15, 0.2) is 0 Å². The van der Waals surface area contributed by atoms with Crippen molar-refractivity contribution in [2.75, 3.05) is 36.5 Å². The highest BCUT2D eigenvalue weighted by Gasteiger charge is 2.18. The number of anilines is 2. The number of rotatable bonds is 4. The second-order valence-corrected chi connectivity index (χ2v) is 8.79. The van der Waals surface area contributed by atoms with E-state index in [2.05, 4.69) is 55.0 Å². The largest absolute Gasteiger partial charge is 0.378 e. The number of benzene rings is 2. The summed E-state index contributed by atoms with van der Waals surface area (Å²) in [4.78, 5) is 15.6. The SMILES string of the molecule is Cc1cc2cnnn2c(C)c1C(=O)Nc1ccc2[nH]nc(-c3cccc(N4CCOCC4)c3)c2c1. The zero-order chi connectivity index (χ0) is 23.9. The minimum atomic E-state index is -0.184. The van der Waals surface area contributed by atoms with Crippen molar-refractivity contribution in [3.05, 3.63) is 71.5 Å². The lowest BCUT2D eigenvalue weighted by Gasteiger charge is -2.29. The molecule has 2 aromatic carbocycles. The molecule has 3 aromatic heterocycles. The Morgan fingerprint density at radius 1 is 1.09 bits per heavy atom. The number of ether oxygens (including phenoxy) is 1. The third kappa shape index (κ3) is 3.79. The number of hydrogen-bond donors (Lipinski definition) is 2. The van der Waals surface area contributed by atoms with E-state index in [4.69, 9.17) is 4.74 Å². The fraction of sp³-hybridized carbons (Fsp3) is 0.231. The van der Waals surface area contributed by atoms with Crippen molar-refractivity contribution < 1.29 is 9.53 Å². The first kappa shape index (κ1) is 21.3. The van der Waals surface area contributed by atoms with E-state index >= 15 is 0 Å². The summed E-state index contributed by atoms with van der Waals surface area (Å²) in [5.74, 6) is -0.184. The Morgan fingerprint density at radius 2 is 1.94 bits per heavy atom. The normalized spacial score (nSPS) is 14.1. The molecular formula is C26H25N7O2. The second kappa shape index (κ2) is 8.52. The van der Waals surface area contributed by atoms with E-state index in [1.54, 1.807) is 10.7 Å². The number of aromatic nitrogens is 5. The molecule has 35 heavy (non-hydrogen) atoms. The number of morpholine rings is 1. The predicted molar refractivity (Wildman–Crippen MR) is 135 cm³/mol. The van der Waals surface area contributed by atoms with Crippen molar-refractivity contribution in [3.63, 3.8) is 0 Å². The summed E-state index contributed by atoms with van der Waals surface area (Å²) in [5.41, 5.74) is 7.71. The molecule has 5 aromatic rings. The van der Waals surface area contributed by atoms with Gasteiger partial charge < -0.3 is 15.0 Å². The van der Waals surface area contributed by atoms with Gasteiger partial charge in [-0.1, -0.05) is 17.3 Å². The number of carbonyl (C=O) groups excluding carboxylic acids is 1. The maximum absolute atomic E-state index is 13.3. The van der Waals surface area contributed by atoms with Crippen molar-refractivity contribution in [1.82, 2.24) is 25.0 Å². The molecule has 6 rings (SSSR count). The standard InChI is InChI=1S/C26H25N7O2/c1-16-12-21-15-27-31-33(21)17(2)24(16)26(34)28-19-6-7-23-22(14-19)25(30-29-23)18-4-3-5-20(13-18)32-8-10-35-11-9-32/h3-7,12-15H,8-11H2,1-2H3,(H,28,34)(H,29,30). The van der Waals surface area contributed by atoms with Crippen molar-refractivity contribution in [1.29, 1.82) is 0 Å². The summed E-state index contributed by atoms with van der Waals surface area (Å²) in [7, 11) is 0. The van der Waals surface area contributed by atoms with Crippen molar-refractivity contribution in [2.24, 2.45) is 0 Å². The van der Waals surface area contributed by atoms with Crippen LogP contribution in [0.1, 0.15) is 21.6 Å². The van der Waals surface area contributed by atoms with Gasteiger partial charge in [-0.05, 0) is 55.8 Å². The third-order valence-corrected chi connectivity index (χ3v) is 6.56. The van der Waals surface area contributed by atoms with Gasteiger partial charge in [-0.2, -0.15) is 5.10 Å². The van der Waals surface area contributed by atoms with Crippen LogP contribution in [0, 0.1) is 13.8 Å². The minimum Gasteiger partial charge on any atom is -0.378 e. The Labute approximate surface area is 201 Å². The van der Waals surface area contributed by atoms with Gasteiger partial charge >= 0.3 is 0 Å². The van der Waals surface area contributed by atoms with E-state index in [0.29, 0.717) is 11.3 Å². The molecule has 9 nitrogen and oxygen atoms in total. The molecule has 0 aliphatic carbocycles. The molecule has 2 N–H and O–H groups in total. The van der Waals surface area contributed by atoms with Crippen molar-refractivity contribution >= 4 is 33.7 Å². The maximum Gasteiger partial charge on any atom is 0.257 e. The predicted octanol–water partition coefficient (Wildman–Crippen LogP) is 3.98. The fourth-order valence-corrected chi connectivity index (χ4v) is 4.81. The van der Waals surface area contributed by atoms with Gasteiger partial charge in [-0.15, -0.1) is 5.10 Å². The fourth-order valence-electron chi connectivity index (χ4n) is 4.81. The van der Waals surface area contributed by atoms with Crippen LogP contribution in [-0.4, -0.2) is 57.2 Å². The van der Waals surface area contributed by atoms with Crippen LogP contribution >= 0.6 is 0 Å². The Bertz CT molecular complexity index is 1560. The second-order valence-electron chi connectivity index (χ2n) is 8.79. The summed E-state index contributed by atoms with van der Waals surface area (Å²) in [6.45, 7) is 7.03. The van der Waals surface area contributed by atoms with Crippen molar-refractivity contribution in [2.45, 2.75) is 13.8 Å². The third-order valence-electron chi connectivity index (χ3n) is 6.56. The monoisotopic (exact) mass is 467 g/mol. The molecule has 0 saturated carbocycles. The van der Waals surface area contributed by atoms with Gasteiger partial charge in [-0.3, -0.25) is 9.89 Å². The first-order chi connectivity index (χ1) is 17.1. The quantitative estimate of drug-likeness (QED) is 0.415. The van der Waals surface area contributed by atoms with E-state index in [-0.39, 0.29) is 5.91 Å². The lowest BCUT2D eigenvalue weighted by atomic mass is 10.0. The molecule has 4 heterocycles. The van der Waals surface area contributed by atoms with Crippen LogP contribution < -0.4 is 10.2 Å². The first-order valence-electron chi connectivity index (χ1n) is 11.6. The lowest BCUT2D eigenvalue weighted by molar-refractivity contribution is 0.102. The van der Waals surface area contributed by atoms with Crippen LogP contribution in [0.25, 0.3) is 27.7 Å². The molecule has 176 valence electrons. The summed E-state index contributed by atoms with van der Waals surface area (Å²) in [6.07, 6.45) is 1.68. The number of nitrogens with one attached hydrogen (secondary N) is 2. The molecular weight excluding hydrogens is 442 g/mol. The summed E-state index contributed by atoms with van der Waals surface area (Å²) < 4.78 is 7.17. The Hall–Kier alpha value is -4.24. The van der Waals surface area contributed by atoms with Gasteiger partial charge in [0.05, 0.1) is 41.7 Å². The molecule has 9 heteroatoms. The number of carbonyl (C=O) groups is 1. The highest BCUT2D eigenvalue weighted by atomic mass is 16.5. The lowest BCUT2D eigenvalue weighted by Crippen LogP contribution is -2.36. The first-order valence-corrected chi connectivity index (χ1v) is 11.6. The zero-order valence-electron chi connectivity index (χ0n) is 19.6. The van der Waals surface area contributed by atoms with Gasteiger partial charge in [0, 0.05) is 35.4 Å². The average Bonchev–Trinajstić information content (AvgIpc) is 3.52. The zero-order valence-corrected chi connectivity index (χ0v) is 19.6. The van der Waals surface area contributed by atoms with Gasteiger partial charge in [0.1, 0.15) is 5.69 Å². The highest BCUT2D eigenvalue weighted by Crippen LogP contribution is 2.31. The molecule has 0 atom stereocenters. The number of nitrogens with zero attached hydrogens (tertiary/aromatic N) is 5. The molecule has 1 aliphatic heterocycles. The number of pyridine rings is 1. The molecule has 0 radical (unpaired) electrons. The highest BCUT2D eigenvalue weighted by molar-refractivity contribution is 6.07. The van der Waals surface area contributed by atoms with E-state index < -0.39 is 0 Å². The summed E-state index contributed by atoms with van der Waals surface area (Å²) in [5, 5.41) is 19.8. The van der Waals surface area contributed by atoms with Gasteiger partial charge in [0.2, 0.25) is 0 Å². The molecule has 0 bridgehead atoms. The van der Waals surface area contributed by atoms with Crippen LogP contribution in [-0.2, 0) is 4.74 Å². The minimum absolute atomic E-state index is 0.184. The number of hydrogen-bond acceptors (Lipinski definition) is 6. The van der Waals surface area contributed by atoms with Crippen LogP contribution in [0.4, 0.5) is 11.4 Å². The smallest absolute Gasteiger partial charge is 0.257 e. The maximum atomic E-state index is 13.3. The number of H-pyrrole nitrogens is 1. The molecule has 1 fully saturated rings. The van der Waals surface area contributed by atoms with Crippen LogP contribution in [0.3, 0.4) is 0 Å². The van der Waals surface area contributed by atoms with Crippen LogP contribution in [0.2, 0.25) is 0 Å². The summed E-state index contributed by atoms with van der Waals surface area (Å²) in [6, 6.07) is 16.1. The Balaban J connectivity index is 1.33. The van der Waals surface area contributed by atoms with Gasteiger partial charge in [0.25, 0.3) is 5.91 Å². The molecule has 1 amide bonds.